The molecule has 0 radical (unpaired) electrons. The second kappa shape index (κ2) is 7.11. The molecule has 1 amide bonds. The van der Waals surface area contributed by atoms with E-state index in [0.29, 0.717) is 20.9 Å². The van der Waals surface area contributed by atoms with E-state index in [4.69, 9.17) is 16.1 Å². The van der Waals surface area contributed by atoms with Gasteiger partial charge in [0.15, 0.2) is 0 Å². The second-order valence-corrected chi connectivity index (χ2v) is 7.21. The maximum atomic E-state index is 12.4. The van der Waals surface area contributed by atoms with Crippen molar-refractivity contribution >= 4 is 28.8 Å². The van der Waals surface area contributed by atoms with Crippen LogP contribution in [0.3, 0.4) is 0 Å². The molecule has 1 atom stereocenters. The van der Waals surface area contributed by atoms with Crippen LogP contribution in [0.4, 0.5) is 0 Å². The highest BCUT2D eigenvalue weighted by atomic mass is 35.5. The maximum absolute atomic E-state index is 12.4. The Hall–Kier alpha value is -2.25. The summed E-state index contributed by atoms with van der Waals surface area (Å²) in [6.07, 6.45) is 3.33. The summed E-state index contributed by atoms with van der Waals surface area (Å²) in [6, 6.07) is 6.63. The number of pyridine rings is 1. The summed E-state index contributed by atoms with van der Waals surface area (Å²) in [7, 11) is 0. The van der Waals surface area contributed by atoms with E-state index < -0.39 is 6.04 Å². The average molecular weight is 363 g/mol. The van der Waals surface area contributed by atoms with Gasteiger partial charge in [-0.25, -0.2) is 0 Å². The van der Waals surface area contributed by atoms with Crippen molar-refractivity contribution in [2.45, 2.75) is 19.9 Å². The minimum absolute atomic E-state index is 0.0755. The molecule has 0 aliphatic rings. The fraction of sp³-hybridized carbons (Fsp3) is 0.250. The molecule has 0 fully saturated rings. The van der Waals surface area contributed by atoms with Crippen LogP contribution in [0, 0.1) is 5.92 Å². The summed E-state index contributed by atoms with van der Waals surface area (Å²) >= 11 is 7.11. The molecular formula is C16H15ClN4O2S. The van der Waals surface area contributed by atoms with Crippen molar-refractivity contribution in [2.75, 3.05) is 0 Å². The molecular weight excluding hydrogens is 348 g/mol. The van der Waals surface area contributed by atoms with Crippen LogP contribution in [0.15, 0.2) is 41.2 Å². The zero-order chi connectivity index (χ0) is 17.1. The Bertz CT molecular complexity index is 831. The predicted octanol–water partition coefficient (Wildman–Crippen LogP) is 3.97. The van der Waals surface area contributed by atoms with Gasteiger partial charge in [-0.15, -0.1) is 11.3 Å². The number of hydrogen-bond donors (Lipinski definition) is 1. The highest BCUT2D eigenvalue weighted by molar-refractivity contribution is 7.17. The molecule has 0 spiro atoms. The first-order chi connectivity index (χ1) is 11.5. The average Bonchev–Trinajstić information content (AvgIpc) is 3.22. The molecule has 3 heterocycles. The summed E-state index contributed by atoms with van der Waals surface area (Å²) in [5, 5.41) is 6.91. The number of carbonyl (C=O) groups is 1. The molecule has 0 aliphatic carbocycles. The third kappa shape index (κ3) is 3.63. The summed E-state index contributed by atoms with van der Waals surface area (Å²) in [4.78, 5) is 21.3. The van der Waals surface area contributed by atoms with Crippen LogP contribution in [0.5, 0.6) is 0 Å². The maximum Gasteiger partial charge on any atom is 0.262 e. The number of aromatic nitrogens is 3. The van der Waals surface area contributed by atoms with E-state index in [1.54, 1.807) is 30.6 Å². The van der Waals surface area contributed by atoms with E-state index in [-0.39, 0.29) is 11.8 Å². The first kappa shape index (κ1) is 16.6. The topological polar surface area (TPSA) is 80.9 Å². The van der Waals surface area contributed by atoms with Crippen molar-refractivity contribution < 1.29 is 9.32 Å². The number of carbonyl (C=O) groups excluding carboxylic acids is 1. The summed E-state index contributed by atoms with van der Waals surface area (Å²) in [5.74, 6) is 0.662. The second-order valence-electron chi connectivity index (χ2n) is 5.50. The lowest BCUT2D eigenvalue weighted by molar-refractivity contribution is 0.0918. The molecule has 1 unspecified atom stereocenters. The number of hydrogen-bond acceptors (Lipinski definition) is 6. The Balaban J connectivity index is 1.81. The zero-order valence-corrected chi connectivity index (χ0v) is 14.6. The molecule has 1 N–H and O–H groups in total. The normalized spacial score (nSPS) is 12.3. The van der Waals surface area contributed by atoms with Crippen LogP contribution < -0.4 is 5.32 Å². The number of rotatable bonds is 5. The smallest absolute Gasteiger partial charge is 0.262 e. The predicted molar refractivity (Wildman–Crippen MR) is 91.9 cm³/mol. The van der Waals surface area contributed by atoms with Gasteiger partial charge in [-0.3, -0.25) is 9.78 Å². The summed E-state index contributed by atoms with van der Waals surface area (Å²) in [5.41, 5.74) is 0.756. The minimum atomic E-state index is -0.392. The van der Waals surface area contributed by atoms with E-state index >= 15 is 0 Å². The zero-order valence-electron chi connectivity index (χ0n) is 13.1. The number of nitrogens with one attached hydrogen (secondary N) is 1. The molecule has 0 saturated carbocycles. The van der Waals surface area contributed by atoms with Crippen molar-refractivity contribution in [1.82, 2.24) is 20.4 Å². The van der Waals surface area contributed by atoms with Crippen molar-refractivity contribution in [3.05, 3.63) is 51.8 Å². The number of nitrogens with zero attached hydrogens (tertiary/aromatic N) is 3. The van der Waals surface area contributed by atoms with Gasteiger partial charge in [0.2, 0.25) is 11.7 Å². The van der Waals surface area contributed by atoms with Gasteiger partial charge in [0.1, 0.15) is 6.04 Å². The van der Waals surface area contributed by atoms with Crippen molar-refractivity contribution in [2.24, 2.45) is 5.92 Å². The Kier molecular flexibility index (Phi) is 4.92. The number of amides is 1. The first-order valence-corrected chi connectivity index (χ1v) is 8.54. The van der Waals surface area contributed by atoms with E-state index in [9.17, 15) is 4.79 Å². The van der Waals surface area contributed by atoms with E-state index in [2.05, 4.69) is 20.4 Å². The molecule has 6 nitrogen and oxygen atoms in total. The van der Waals surface area contributed by atoms with Crippen LogP contribution in [-0.4, -0.2) is 21.0 Å². The fourth-order valence-electron chi connectivity index (χ4n) is 2.14. The molecule has 8 heteroatoms. The molecule has 3 aromatic heterocycles. The number of halogens is 1. The van der Waals surface area contributed by atoms with Crippen LogP contribution in [0.2, 0.25) is 4.34 Å². The van der Waals surface area contributed by atoms with Crippen LogP contribution in [0.25, 0.3) is 11.4 Å². The largest absolute Gasteiger partial charge is 0.339 e. The lowest BCUT2D eigenvalue weighted by Crippen LogP contribution is -2.31. The van der Waals surface area contributed by atoms with E-state index in [1.807, 2.05) is 19.9 Å². The number of thiophene rings is 1. The lowest BCUT2D eigenvalue weighted by atomic mass is 10.0. The Labute approximate surface area is 147 Å². The van der Waals surface area contributed by atoms with Crippen molar-refractivity contribution in [3.8, 4) is 11.4 Å². The van der Waals surface area contributed by atoms with Crippen molar-refractivity contribution in [1.29, 1.82) is 0 Å². The Morgan fingerprint density at radius 2 is 2.17 bits per heavy atom. The van der Waals surface area contributed by atoms with Crippen LogP contribution in [-0.2, 0) is 0 Å². The lowest BCUT2D eigenvalue weighted by Gasteiger charge is -2.17. The summed E-state index contributed by atoms with van der Waals surface area (Å²) in [6.45, 7) is 3.95. The molecule has 0 saturated heterocycles. The van der Waals surface area contributed by atoms with Gasteiger partial charge in [0.05, 0.1) is 9.21 Å². The third-order valence-electron chi connectivity index (χ3n) is 3.38. The van der Waals surface area contributed by atoms with E-state index in [1.165, 1.54) is 11.3 Å². The molecule has 24 heavy (non-hydrogen) atoms. The Morgan fingerprint density at radius 1 is 1.33 bits per heavy atom. The van der Waals surface area contributed by atoms with Gasteiger partial charge >= 0.3 is 0 Å². The van der Waals surface area contributed by atoms with Gasteiger partial charge in [-0.1, -0.05) is 30.6 Å². The quantitative estimate of drug-likeness (QED) is 0.742. The first-order valence-electron chi connectivity index (χ1n) is 7.35. The van der Waals surface area contributed by atoms with Crippen LogP contribution >= 0.6 is 22.9 Å². The molecule has 0 aromatic carbocycles. The monoisotopic (exact) mass is 362 g/mol. The molecule has 3 aromatic rings. The molecule has 0 bridgehead atoms. The highest BCUT2D eigenvalue weighted by Gasteiger charge is 2.25. The van der Waals surface area contributed by atoms with Crippen molar-refractivity contribution in [3.63, 3.8) is 0 Å². The molecule has 0 aliphatic heterocycles. The summed E-state index contributed by atoms with van der Waals surface area (Å²) < 4.78 is 5.93. The Morgan fingerprint density at radius 3 is 2.79 bits per heavy atom. The standard InChI is InChI=1S/C16H15ClN4O2S/c1-9(2)13(19-15(22)11-5-6-12(17)24-11)16-20-14(21-23-16)10-4-3-7-18-8-10/h3-9,13H,1-2H3,(H,19,22). The van der Waals surface area contributed by atoms with Crippen LogP contribution in [0.1, 0.15) is 35.5 Å². The van der Waals surface area contributed by atoms with Gasteiger partial charge < -0.3 is 9.84 Å². The van der Waals surface area contributed by atoms with Gasteiger partial charge in [0, 0.05) is 18.0 Å². The third-order valence-corrected chi connectivity index (χ3v) is 4.61. The van der Waals surface area contributed by atoms with Gasteiger partial charge in [0.25, 0.3) is 5.91 Å². The highest BCUT2D eigenvalue weighted by Crippen LogP contribution is 2.26. The van der Waals surface area contributed by atoms with Gasteiger partial charge in [-0.05, 0) is 30.2 Å². The minimum Gasteiger partial charge on any atom is -0.339 e. The van der Waals surface area contributed by atoms with Gasteiger partial charge in [-0.2, -0.15) is 4.98 Å². The van der Waals surface area contributed by atoms with E-state index in [0.717, 1.165) is 5.56 Å². The fourth-order valence-corrected chi connectivity index (χ4v) is 3.08. The molecule has 124 valence electrons. The molecule has 3 rings (SSSR count). The SMILES string of the molecule is CC(C)C(NC(=O)c1ccc(Cl)s1)c1nc(-c2cccnc2)no1.